The van der Waals surface area contributed by atoms with Crippen molar-refractivity contribution in [2.45, 2.75) is 0 Å². The van der Waals surface area contributed by atoms with Crippen molar-refractivity contribution < 1.29 is 27.9 Å². The van der Waals surface area contributed by atoms with Gasteiger partial charge in [-0.3, -0.25) is 14.1 Å². The molecule has 0 saturated heterocycles. The summed E-state index contributed by atoms with van der Waals surface area (Å²) in [7, 11) is -1.25. The number of rotatable bonds is 8. The summed E-state index contributed by atoms with van der Waals surface area (Å²) in [5.74, 6) is -0.793. The van der Waals surface area contributed by atoms with Crippen molar-refractivity contribution in [2.75, 3.05) is 27.3 Å². The zero-order valence-electron chi connectivity index (χ0n) is 11.7. The van der Waals surface area contributed by atoms with Crippen LogP contribution in [-0.4, -0.2) is 39.2 Å². The summed E-state index contributed by atoms with van der Waals surface area (Å²) >= 11 is 0. The highest BCUT2D eigenvalue weighted by atomic mass is 31.2. The Morgan fingerprint density at radius 1 is 1.14 bits per heavy atom. The minimum Gasteiger partial charge on any atom is -0.468 e. The summed E-state index contributed by atoms with van der Waals surface area (Å²) in [5, 5.41) is 4.67. The number of hydrogen-bond donors (Lipinski definition) is 2. The van der Waals surface area contributed by atoms with E-state index in [4.69, 9.17) is 9.05 Å². The lowest BCUT2D eigenvalue weighted by atomic mass is 10.3. The van der Waals surface area contributed by atoms with E-state index >= 15 is 0 Å². The van der Waals surface area contributed by atoms with Gasteiger partial charge in [0.15, 0.2) is 0 Å². The molecule has 0 aliphatic rings. The third-order valence-electron chi connectivity index (χ3n) is 2.30. The molecule has 116 valence electrons. The average Bonchev–Trinajstić information content (AvgIpc) is 2.51. The van der Waals surface area contributed by atoms with Gasteiger partial charge < -0.3 is 14.6 Å². The molecule has 0 aliphatic heterocycles. The number of nitrogens with one attached hydrogen (secondary N) is 2. The van der Waals surface area contributed by atoms with Crippen molar-refractivity contribution in [1.82, 2.24) is 10.4 Å². The van der Waals surface area contributed by atoms with Gasteiger partial charge in [-0.2, -0.15) is 0 Å². The Morgan fingerprint density at radius 3 is 2.38 bits per heavy atom. The molecule has 9 heteroatoms. The Morgan fingerprint density at radius 2 is 1.81 bits per heavy atom. The van der Waals surface area contributed by atoms with Gasteiger partial charge in [-0.15, -0.1) is 0 Å². The molecule has 0 spiro atoms. The molecule has 0 radical (unpaired) electrons. The van der Waals surface area contributed by atoms with Crippen LogP contribution in [0.2, 0.25) is 0 Å². The topological polar surface area (TPSA) is 103 Å². The SMILES string of the molecule is COC(=O)CNC(=O)CNP(=O)(OC)Oc1ccccc1. The number of amides is 1. The molecule has 1 rings (SSSR count). The zero-order chi connectivity index (χ0) is 15.7. The standard InChI is InChI=1S/C12H17N2O6P/c1-18-12(16)9-13-11(15)8-14-21(17,19-2)20-10-6-4-3-5-7-10/h3-7H,8-9H2,1-2H3,(H,13,15)(H,14,17). The Kier molecular flexibility index (Phi) is 6.87. The van der Waals surface area contributed by atoms with E-state index in [0.29, 0.717) is 5.75 Å². The van der Waals surface area contributed by atoms with Gasteiger partial charge in [0.1, 0.15) is 12.3 Å². The van der Waals surface area contributed by atoms with E-state index in [1.165, 1.54) is 14.2 Å². The van der Waals surface area contributed by atoms with Crippen molar-refractivity contribution in [3.05, 3.63) is 30.3 Å². The smallest absolute Gasteiger partial charge is 0.458 e. The molecule has 1 aromatic carbocycles. The molecule has 1 amide bonds. The molecule has 0 bridgehead atoms. The number of hydrogen-bond acceptors (Lipinski definition) is 6. The van der Waals surface area contributed by atoms with Gasteiger partial charge in [0.2, 0.25) is 5.91 Å². The predicted molar refractivity (Wildman–Crippen MR) is 74.7 cm³/mol. The van der Waals surface area contributed by atoms with Crippen LogP contribution in [0, 0.1) is 0 Å². The van der Waals surface area contributed by atoms with Crippen LogP contribution < -0.4 is 14.9 Å². The van der Waals surface area contributed by atoms with E-state index in [1.807, 2.05) is 0 Å². The van der Waals surface area contributed by atoms with Gasteiger partial charge in [0, 0.05) is 7.11 Å². The van der Waals surface area contributed by atoms with Gasteiger partial charge in [-0.25, -0.2) is 9.65 Å². The van der Waals surface area contributed by atoms with Gasteiger partial charge in [0.25, 0.3) is 0 Å². The lowest BCUT2D eigenvalue weighted by Gasteiger charge is -2.17. The molecule has 0 heterocycles. The molecule has 8 nitrogen and oxygen atoms in total. The lowest BCUT2D eigenvalue weighted by molar-refractivity contribution is -0.141. The third kappa shape index (κ3) is 6.40. The van der Waals surface area contributed by atoms with Crippen molar-refractivity contribution in [2.24, 2.45) is 0 Å². The maximum absolute atomic E-state index is 12.2. The predicted octanol–water partition coefficient (Wildman–Crippen LogP) is 0.699. The quantitative estimate of drug-likeness (QED) is 0.537. The van der Waals surface area contributed by atoms with Gasteiger partial charge in [-0.05, 0) is 12.1 Å². The van der Waals surface area contributed by atoms with Crippen LogP contribution in [0.25, 0.3) is 0 Å². The average molecular weight is 316 g/mol. The number of esters is 1. The molecule has 0 fully saturated rings. The molecule has 1 unspecified atom stereocenters. The summed E-state index contributed by atoms with van der Waals surface area (Å²) in [6.45, 7) is -0.608. The number of para-hydroxylation sites is 1. The van der Waals surface area contributed by atoms with Crippen molar-refractivity contribution in [1.29, 1.82) is 0 Å². The first-order chi connectivity index (χ1) is 9.99. The highest BCUT2D eigenvalue weighted by Gasteiger charge is 2.25. The number of benzene rings is 1. The number of carbonyl (C=O) groups excluding carboxylic acids is 2. The van der Waals surface area contributed by atoms with Crippen molar-refractivity contribution in [3.63, 3.8) is 0 Å². The van der Waals surface area contributed by atoms with Gasteiger partial charge >= 0.3 is 13.7 Å². The lowest BCUT2D eigenvalue weighted by Crippen LogP contribution is -2.36. The maximum atomic E-state index is 12.2. The number of methoxy groups -OCH3 is 1. The van der Waals surface area contributed by atoms with Crippen LogP contribution in [0.1, 0.15) is 0 Å². The summed E-state index contributed by atoms with van der Waals surface area (Å²) in [5.41, 5.74) is 0. The van der Waals surface area contributed by atoms with Crippen LogP contribution in [0.5, 0.6) is 5.75 Å². The first kappa shape index (κ1) is 17.2. The summed E-state index contributed by atoms with van der Waals surface area (Å²) < 4.78 is 26.6. The Hall–Kier alpha value is -1.89. The maximum Gasteiger partial charge on any atom is 0.458 e. The molecule has 2 N–H and O–H groups in total. The summed E-state index contributed by atoms with van der Waals surface area (Å²) in [6.07, 6.45) is 0. The Labute approximate surface area is 122 Å². The molecular formula is C12H17N2O6P. The fourth-order valence-electron chi connectivity index (χ4n) is 1.23. The van der Waals surface area contributed by atoms with Crippen molar-refractivity contribution >= 4 is 19.6 Å². The van der Waals surface area contributed by atoms with E-state index in [0.717, 1.165) is 0 Å². The molecule has 0 aromatic heterocycles. The molecule has 1 atom stereocenters. The first-order valence-corrected chi connectivity index (χ1v) is 7.52. The second-order valence-corrected chi connectivity index (χ2v) is 5.63. The molecular weight excluding hydrogens is 299 g/mol. The van der Waals surface area contributed by atoms with Gasteiger partial charge in [0.05, 0.1) is 13.7 Å². The largest absolute Gasteiger partial charge is 0.468 e. The van der Waals surface area contributed by atoms with E-state index in [9.17, 15) is 14.2 Å². The van der Waals surface area contributed by atoms with Gasteiger partial charge in [-0.1, -0.05) is 18.2 Å². The fraction of sp³-hybridized carbons (Fsp3) is 0.333. The van der Waals surface area contributed by atoms with Crippen LogP contribution in [0.3, 0.4) is 0 Å². The molecule has 21 heavy (non-hydrogen) atoms. The monoisotopic (exact) mass is 316 g/mol. The van der Waals surface area contributed by atoms with Crippen LogP contribution in [0.15, 0.2) is 30.3 Å². The van der Waals surface area contributed by atoms with E-state index in [1.54, 1.807) is 30.3 Å². The van der Waals surface area contributed by atoms with E-state index < -0.39 is 19.6 Å². The first-order valence-electron chi connectivity index (χ1n) is 5.98. The summed E-state index contributed by atoms with van der Waals surface area (Å²) in [6, 6.07) is 8.39. The molecule has 0 aliphatic carbocycles. The number of ether oxygens (including phenoxy) is 1. The highest BCUT2D eigenvalue weighted by molar-refractivity contribution is 7.52. The fourth-order valence-corrected chi connectivity index (χ4v) is 2.23. The van der Waals surface area contributed by atoms with Crippen LogP contribution in [0.4, 0.5) is 0 Å². The van der Waals surface area contributed by atoms with E-state index in [-0.39, 0.29) is 13.1 Å². The second-order valence-electron chi connectivity index (χ2n) is 3.77. The van der Waals surface area contributed by atoms with E-state index in [2.05, 4.69) is 15.1 Å². The second kappa shape index (κ2) is 8.41. The Bertz CT molecular complexity index is 522. The van der Waals surface area contributed by atoms with Crippen LogP contribution in [-0.2, 0) is 23.4 Å². The normalized spacial score (nSPS) is 13.0. The number of carbonyl (C=O) groups is 2. The molecule has 0 saturated carbocycles. The zero-order valence-corrected chi connectivity index (χ0v) is 12.6. The molecule has 1 aromatic rings. The summed E-state index contributed by atoms with van der Waals surface area (Å²) in [4.78, 5) is 22.3. The minimum atomic E-state index is -3.66. The Balaban J connectivity index is 2.48. The third-order valence-corrected chi connectivity index (χ3v) is 3.78. The minimum absolute atomic E-state index is 0.270. The van der Waals surface area contributed by atoms with Crippen LogP contribution >= 0.6 is 7.75 Å². The van der Waals surface area contributed by atoms with Crippen molar-refractivity contribution in [3.8, 4) is 5.75 Å². The highest BCUT2D eigenvalue weighted by Crippen LogP contribution is 2.42.